The summed E-state index contributed by atoms with van der Waals surface area (Å²) in [6, 6.07) is 8.00. The minimum atomic E-state index is 0.0615. The second-order valence-corrected chi connectivity index (χ2v) is 4.99. The lowest BCUT2D eigenvalue weighted by atomic mass is 10.2. The first-order chi connectivity index (χ1) is 8.72. The smallest absolute Gasteiger partial charge is 0.260 e. The third-order valence-corrected chi connectivity index (χ3v) is 3.60. The SMILES string of the molecule is Cc1ccc(OCC(=O)N2C[C@H]3C[C@H]2CO3)cc1. The highest BCUT2D eigenvalue weighted by molar-refractivity contribution is 5.78. The van der Waals surface area contributed by atoms with E-state index in [9.17, 15) is 4.79 Å². The molecule has 4 nitrogen and oxygen atoms in total. The van der Waals surface area contributed by atoms with Crippen LogP contribution in [0.4, 0.5) is 0 Å². The summed E-state index contributed by atoms with van der Waals surface area (Å²) in [5, 5.41) is 0. The van der Waals surface area contributed by atoms with Crippen LogP contribution in [0.25, 0.3) is 0 Å². The predicted molar refractivity (Wildman–Crippen MR) is 66.5 cm³/mol. The molecule has 0 aromatic heterocycles. The van der Waals surface area contributed by atoms with Gasteiger partial charge in [-0.1, -0.05) is 17.7 Å². The van der Waals surface area contributed by atoms with Crippen molar-refractivity contribution in [2.45, 2.75) is 25.5 Å². The summed E-state index contributed by atoms with van der Waals surface area (Å²) < 4.78 is 11.0. The van der Waals surface area contributed by atoms with E-state index >= 15 is 0 Å². The van der Waals surface area contributed by atoms with Crippen molar-refractivity contribution in [1.82, 2.24) is 4.90 Å². The molecule has 2 heterocycles. The molecule has 18 heavy (non-hydrogen) atoms. The van der Waals surface area contributed by atoms with Crippen LogP contribution in [0, 0.1) is 6.92 Å². The molecule has 0 aliphatic carbocycles. The molecule has 0 N–H and O–H groups in total. The van der Waals surface area contributed by atoms with Gasteiger partial charge in [0.15, 0.2) is 6.61 Å². The molecule has 2 aliphatic heterocycles. The van der Waals surface area contributed by atoms with E-state index in [-0.39, 0.29) is 24.7 Å². The van der Waals surface area contributed by atoms with Crippen molar-refractivity contribution in [1.29, 1.82) is 0 Å². The number of rotatable bonds is 3. The minimum absolute atomic E-state index is 0.0615. The lowest BCUT2D eigenvalue weighted by Gasteiger charge is -2.26. The zero-order valence-electron chi connectivity index (χ0n) is 10.5. The first kappa shape index (κ1) is 11.5. The predicted octanol–water partition coefficient (Wildman–Crippen LogP) is 1.37. The number of benzene rings is 1. The Morgan fingerprint density at radius 3 is 2.83 bits per heavy atom. The van der Waals surface area contributed by atoms with Crippen LogP contribution in [-0.4, -0.2) is 42.7 Å². The Morgan fingerprint density at radius 2 is 2.22 bits per heavy atom. The number of morpholine rings is 1. The molecular formula is C14H17NO3. The van der Waals surface area contributed by atoms with Crippen LogP contribution < -0.4 is 4.74 Å². The molecule has 0 unspecified atom stereocenters. The number of hydrogen-bond donors (Lipinski definition) is 0. The van der Waals surface area contributed by atoms with Crippen molar-refractivity contribution < 1.29 is 14.3 Å². The van der Waals surface area contributed by atoms with Gasteiger partial charge in [-0.3, -0.25) is 4.79 Å². The Morgan fingerprint density at radius 1 is 1.44 bits per heavy atom. The fourth-order valence-corrected chi connectivity index (χ4v) is 2.57. The molecule has 1 aromatic carbocycles. The van der Waals surface area contributed by atoms with E-state index in [4.69, 9.17) is 9.47 Å². The summed E-state index contributed by atoms with van der Waals surface area (Å²) in [5.74, 6) is 0.806. The van der Waals surface area contributed by atoms with Gasteiger partial charge in [0.2, 0.25) is 0 Å². The molecule has 4 heteroatoms. The number of aryl methyl sites for hydroxylation is 1. The fraction of sp³-hybridized carbons (Fsp3) is 0.500. The maximum Gasteiger partial charge on any atom is 0.260 e. The van der Waals surface area contributed by atoms with Gasteiger partial charge in [0.1, 0.15) is 5.75 Å². The Bertz CT molecular complexity index is 443. The summed E-state index contributed by atoms with van der Waals surface area (Å²) in [6.07, 6.45) is 1.23. The van der Waals surface area contributed by atoms with Crippen LogP contribution in [0.2, 0.25) is 0 Å². The van der Waals surface area contributed by atoms with Crippen molar-refractivity contribution in [2.24, 2.45) is 0 Å². The molecule has 2 bridgehead atoms. The van der Waals surface area contributed by atoms with Crippen molar-refractivity contribution >= 4 is 5.91 Å². The maximum absolute atomic E-state index is 12.0. The van der Waals surface area contributed by atoms with Gasteiger partial charge in [0.05, 0.1) is 18.8 Å². The molecule has 2 aliphatic rings. The number of carbonyl (C=O) groups is 1. The Balaban J connectivity index is 1.54. The Kier molecular flexibility index (Phi) is 2.96. The quantitative estimate of drug-likeness (QED) is 0.810. The third kappa shape index (κ3) is 2.20. The van der Waals surface area contributed by atoms with Crippen LogP contribution in [-0.2, 0) is 9.53 Å². The van der Waals surface area contributed by atoms with Gasteiger partial charge >= 0.3 is 0 Å². The maximum atomic E-state index is 12.0. The number of nitrogens with zero attached hydrogens (tertiary/aromatic N) is 1. The highest BCUT2D eigenvalue weighted by Gasteiger charge is 2.41. The van der Waals surface area contributed by atoms with Crippen molar-refractivity contribution in [3.05, 3.63) is 29.8 Å². The second kappa shape index (κ2) is 4.61. The number of amides is 1. The molecule has 0 radical (unpaired) electrons. The van der Waals surface area contributed by atoms with Crippen molar-refractivity contribution in [2.75, 3.05) is 19.8 Å². The van der Waals surface area contributed by atoms with E-state index in [0.29, 0.717) is 6.61 Å². The molecule has 2 saturated heterocycles. The van der Waals surface area contributed by atoms with Crippen LogP contribution in [0.5, 0.6) is 5.75 Å². The third-order valence-electron chi connectivity index (χ3n) is 3.60. The van der Waals surface area contributed by atoms with Crippen LogP contribution in [0.3, 0.4) is 0 Å². The van der Waals surface area contributed by atoms with E-state index in [1.54, 1.807) is 0 Å². The molecular weight excluding hydrogens is 230 g/mol. The summed E-state index contributed by atoms with van der Waals surface area (Å²) in [5.41, 5.74) is 1.18. The van der Waals surface area contributed by atoms with Gasteiger partial charge in [-0.25, -0.2) is 0 Å². The molecule has 0 saturated carbocycles. The average molecular weight is 247 g/mol. The van der Waals surface area contributed by atoms with E-state index in [0.717, 1.165) is 18.7 Å². The number of fused-ring (bicyclic) bond motifs is 2. The zero-order valence-corrected chi connectivity index (χ0v) is 10.5. The van der Waals surface area contributed by atoms with Gasteiger partial charge in [0.25, 0.3) is 5.91 Å². The van der Waals surface area contributed by atoms with Crippen LogP contribution in [0.15, 0.2) is 24.3 Å². The zero-order chi connectivity index (χ0) is 12.5. The van der Waals surface area contributed by atoms with E-state index in [1.165, 1.54) is 5.56 Å². The minimum Gasteiger partial charge on any atom is -0.484 e. The van der Waals surface area contributed by atoms with E-state index in [2.05, 4.69) is 0 Å². The molecule has 2 fully saturated rings. The molecule has 0 spiro atoms. The largest absolute Gasteiger partial charge is 0.484 e. The van der Waals surface area contributed by atoms with Gasteiger partial charge in [-0.15, -0.1) is 0 Å². The molecule has 2 atom stereocenters. The monoisotopic (exact) mass is 247 g/mol. The lowest BCUT2D eigenvalue weighted by Crippen LogP contribution is -2.43. The highest BCUT2D eigenvalue weighted by atomic mass is 16.5. The number of hydrogen-bond acceptors (Lipinski definition) is 3. The van der Waals surface area contributed by atoms with Gasteiger partial charge < -0.3 is 14.4 Å². The fourth-order valence-electron chi connectivity index (χ4n) is 2.57. The van der Waals surface area contributed by atoms with Gasteiger partial charge in [0, 0.05) is 6.54 Å². The first-order valence-electron chi connectivity index (χ1n) is 6.33. The highest BCUT2D eigenvalue weighted by Crippen LogP contribution is 2.27. The van der Waals surface area contributed by atoms with Crippen molar-refractivity contribution in [3.8, 4) is 5.75 Å². The number of ether oxygens (including phenoxy) is 2. The van der Waals surface area contributed by atoms with E-state index in [1.807, 2.05) is 36.1 Å². The normalized spacial score (nSPS) is 25.5. The van der Waals surface area contributed by atoms with Crippen LogP contribution >= 0.6 is 0 Å². The molecule has 1 amide bonds. The van der Waals surface area contributed by atoms with Gasteiger partial charge in [-0.05, 0) is 25.5 Å². The summed E-state index contributed by atoms with van der Waals surface area (Å²) >= 11 is 0. The Labute approximate surface area is 106 Å². The first-order valence-corrected chi connectivity index (χ1v) is 6.33. The molecule has 96 valence electrons. The summed E-state index contributed by atoms with van der Waals surface area (Å²) in [4.78, 5) is 13.9. The average Bonchev–Trinajstić information content (AvgIpc) is 3.00. The molecule has 3 rings (SSSR count). The topological polar surface area (TPSA) is 38.8 Å². The summed E-state index contributed by atoms with van der Waals surface area (Å²) in [7, 11) is 0. The van der Waals surface area contributed by atoms with Crippen LogP contribution in [0.1, 0.15) is 12.0 Å². The Hall–Kier alpha value is -1.55. The summed E-state index contributed by atoms with van der Waals surface area (Å²) in [6.45, 7) is 3.55. The van der Waals surface area contributed by atoms with Crippen molar-refractivity contribution in [3.63, 3.8) is 0 Å². The number of likely N-dealkylation sites (tertiary alicyclic amines) is 1. The number of carbonyl (C=O) groups excluding carboxylic acids is 1. The van der Waals surface area contributed by atoms with Gasteiger partial charge in [-0.2, -0.15) is 0 Å². The van der Waals surface area contributed by atoms with E-state index < -0.39 is 0 Å². The lowest BCUT2D eigenvalue weighted by molar-refractivity contribution is -0.137. The standard InChI is InChI=1S/C14H17NO3/c1-10-2-4-12(5-3-10)18-9-14(16)15-7-13-6-11(15)8-17-13/h2-5,11,13H,6-9H2,1H3/t11-,13+/m0/s1. The molecule has 1 aromatic rings. The second-order valence-electron chi connectivity index (χ2n) is 4.99.